The van der Waals surface area contributed by atoms with E-state index in [-0.39, 0.29) is 36.4 Å². The summed E-state index contributed by atoms with van der Waals surface area (Å²) in [6.07, 6.45) is 7.78. The fourth-order valence-electron chi connectivity index (χ4n) is 6.30. The molecule has 6 heterocycles. The molecule has 2 N–H and O–H groups in total. The van der Waals surface area contributed by atoms with Crippen LogP contribution in [-0.4, -0.2) is 94.2 Å². The summed E-state index contributed by atoms with van der Waals surface area (Å²) in [5, 5.41) is 11.5. The van der Waals surface area contributed by atoms with Crippen LogP contribution in [0, 0.1) is 0 Å². The van der Waals surface area contributed by atoms with Crippen LogP contribution in [0.4, 0.5) is 16.7 Å². The lowest BCUT2D eigenvalue weighted by Crippen LogP contribution is -2.55. The lowest BCUT2D eigenvalue weighted by atomic mass is 9.98. The number of aromatic nitrogens is 4. The molecular formula is C25H38N8O3. The average molecular weight is 499 g/mol. The van der Waals surface area contributed by atoms with Crippen molar-refractivity contribution in [3.63, 3.8) is 0 Å². The number of rotatable bonds is 7. The van der Waals surface area contributed by atoms with Crippen LogP contribution < -0.4 is 15.5 Å². The van der Waals surface area contributed by atoms with E-state index in [1.165, 1.54) is 0 Å². The van der Waals surface area contributed by atoms with E-state index in [0.717, 1.165) is 81.3 Å². The van der Waals surface area contributed by atoms with Crippen LogP contribution in [-0.2, 0) is 9.47 Å². The van der Waals surface area contributed by atoms with Gasteiger partial charge in [-0.05, 0) is 44.4 Å². The number of hydrogen-bond acceptors (Lipinski definition) is 9. The predicted molar refractivity (Wildman–Crippen MR) is 136 cm³/mol. The molecule has 3 atom stereocenters. The van der Waals surface area contributed by atoms with Crippen LogP contribution in [0.1, 0.15) is 63.9 Å². The second-order valence-electron chi connectivity index (χ2n) is 11.1. The molecule has 2 unspecified atom stereocenters. The number of carbonyl (C=O) groups is 1. The quantitative estimate of drug-likeness (QED) is 0.595. The number of methoxy groups -OCH3 is 1. The molecule has 0 saturated carbocycles. The van der Waals surface area contributed by atoms with Gasteiger partial charge in [0.05, 0.1) is 18.8 Å². The smallest absolute Gasteiger partial charge is 0.410 e. The van der Waals surface area contributed by atoms with Gasteiger partial charge in [-0.2, -0.15) is 19.6 Å². The number of nitrogens with one attached hydrogen (secondary N) is 2. The summed E-state index contributed by atoms with van der Waals surface area (Å²) < 4.78 is 13.0. The van der Waals surface area contributed by atoms with E-state index in [4.69, 9.17) is 19.4 Å². The summed E-state index contributed by atoms with van der Waals surface area (Å²) >= 11 is 0. The monoisotopic (exact) mass is 498 g/mol. The van der Waals surface area contributed by atoms with E-state index in [0.29, 0.717) is 12.5 Å². The summed E-state index contributed by atoms with van der Waals surface area (Å²) in [5.41, 5.74) is 1.98. The van der Waals surface area contributed by atoms with Crippen LogP contribution in [0.3, 0.4) is 0 Å². The molecule has 0 aliphatic carbocycles. The minimum atomic E-state index is -0.147. The van der Waals surface area contributed by atoms with Crippen molar-refractivity contribution in [1.29, 1.82) is 0 Å². The fourth-order valence-corrected chi connectivity index (χ4v) is 6.30. The first-order valence-corrected chi connectivity index (χ1v) is 13.5. The predicted octanol–water partition coefficient (Wildman–Crippen LogP) is 2.38. The van der Waals surface area contributed by atoms with Crippen LogP contribution in [0.25, 0.3) is 5.65 Å². The number of hydrogen-bond donors (Lipinski definition) is 2. The highest BCUT2D eigenvalue weighted by Gasteiger charge is 2.45. The molecule has 196 valence electrons. The maximum Gasteiger partial charge on any atom is 0.410 e. The molecule has 2 bridgehead atoms. The summed E-state index contributed by atoms with van der Waals surface area (Å²) in [5.74, 6) is 1.78. The Morgan fingerprint density at radius 2 is 1.97 bits per heavy atom. The summed E-state index contributed by atoms with van der Waals surface area (Å²) in [7, 11) is 1.75. The summed E-state index contributed by atoms with van der Waals surface area (Å²) in [4.78, 5) is 27.1. The maximum absolute atomic E-state index is 12.8. The van der Waals surface area contributed by atoms with E-state index >= 15 is 0 Å². The molecule has 2 aromatic heterocycles. The topological polar surface area (TPSA) is 109 Å². The van der Waals surface area contributed by atoms with E-state index < -0.39 is 0 Å². The zero-order valence-electron chi connectivity index (χ0n) is 21.5. The van der Waals surface area contributed by atoms with Gasteiger partial charge in [0.25, 0.3) is 0 Å². The Labute approximate surface area is 211 Å². The minimum absolute atomic E-state index is 0.0166. The van der Waals surface area contributed by atoms with Crippen molar-refractivity contribution in [2.45, 2.75) is 88.6 Å². The highest BCUT2D eigenvalue weighted by Crippen LogP contribution is 2.38. The first kappa shape index (κ1) is 23.7. The number of fused-ring (bicyclic) bond motifs is 3. The lowest BCUT2D eigenvalue weighted by Gasteiger charge is -2.40. The minimum Gasteiger partial charge on any atom is -0.443 e. The van der Waals surface area contributed by atoms with E-state index in [1.807, 2.05) is 15.6 Å². The van der Waals surface area contributed by atoms with Gasteiger partial charge < -0.3 is 29.9 Å². The first-order chi connectivity index (χ1) is 17.5. The van der Waals surface area contributed by atoms with Crippen LogP contribution >= 0.6 is 0 Å². The molecule has 0 aromatic carbocycles. The Bertz CT molecular complexity index is 1090. The third kappa shape index (κ3) is 4.26. The van der Waals surface area contributed by atoms with Gasteiger partial charge in [0, 0.05) is 50.4 Å². The van der Waals surface area contributed by atoms with Gasteiger partial charge >= 0.3 is 6.09 Å². The SMILES string of the molecule is COC[C@@H]1CCCN1c1nc(NC2CC3CCC(C2)N3C(=O)OC2CNC2)n2ncc(C(C)C)c2n1. The Morgan fingerprint density at radius 1 is 1.19 bits per heavy atom. The third-order valence-electron chi connectivity index (χ3n) is 8.29. The zero-order valence-corrected chi connectivity index (χ0v) is 21.5. The van der Waals surface area contributed by atoms with Crippen LogP contribution in [0.15, 0.2) is 6.20 Å². The number of anilines is 2. The second kappa shape index (κ2) is 9.66. The normalized spacial score (nSPS) is 28.2. The number of amides is 1. The first-order valence-electron chi connectivity index (χ1n) is 13.5. The molecule has 0 spiro atoms. The van der Waals surface area contributed by atoms with Crippen molar-refractivity contribution in [2.24, 2.45) is 0 Å². The average Bonchev–Trinajstić information content (AvgIpc) is 3.53. The second-order valence-corrected chi connectivity index (χ2v) is 11.1. The Morgan fingerprint density at radius 3 is 2.64 bits per heavy atom. The fraction of sp³-hybridized carbons (Fsp3) is 0.760. The molecular weight excluding hydrogens is 460 g/mol. The maximum atomic E-state index is 12.8. The molecule has 4 aliphatic heterocycles. The summed E-state index contributed by atoms with van der Waals surface area (Å²) in [6.45, 7) is 7.45. The van der Waals surface area contributed by atoms with Crippen molar-refractivity contribution in [3.05, 3.63) is 11.8 Å². The van der Waals surface area contributed by atoms with Crippen LogP contribution in [0.2, 0.25) is 0 Å². The van der Waals surface area contributed by atoms with E-state index in [1.54, 1.807) is 7.11 Å². The van der Waals surface area contributed by atoms with Gasteiger partial charge in [-0.25, -0.2) is 4.79 Å². The molecule has 2 aromatic rings. The molecule has 11 nitrogen and oxygen atoms in total. The van der Waals surface area contributed by atoms with Crippen LogP contribution in [0.5, 0.6) is 0 Å². The Kier molecular flexibility index (Phi) is 6.37. The molecule has 1 amide bonds. The molecule has 6 rings (SSSR count). The van der Waals surface area contributed by atoms with Crippen molar-refractivity contribution in [3.8, 4) is 0 Å². The number of nitrogens with zero attached hydrogens (tertiary/aromatic N) is 6. The lowest BCUT2D eigenvalue weighted by molar-refractivity contribution is 0.0194. The van der Waals surface area contributed by atoms with Crippen molar-refractivity contribution in [2.75, 3.05) is 43.6 Å². The third-order valence-corrected chi connectivity index (χ3v) is 8.29. The number of piperidine rings is 1. The Hall–Kier alpha value is -2.66. The standard InChI is InChI=1S/C25H38N8O3/c1-15(2)21-13-27-33-22(21)29-23(31-8-4-5-19(31)14-35-3)30-24(33)28-16-9-17-6-7-18(10-16)32(17)25(34)36-20-11-26-12-20/h13,15-20,26H,4-12,14H2,1-3H3,(H,28,29,30)/t16?,17?,18?,19-/m0/s1. The zero-order chi connectivity index (χ0) is 24.8. The van der Waals surface area contributed by atoms with Gasteiger partial charge in [-0.1, -0.05) is 13.8 Å². The van der Waals surface area contributed by atoms with Crippen molar-refractivity contribution in [1.82, 2.24) is 29.8 Å². The molecule has 11 heteroatoms. The van der Waals surface area contributed by atoms with E-state index in [2.05, 4.69) is 34.5 Å². The highest BCUT2D eigenvalue weighted by atomic mass is 16.6. The van der Waals surface area contributed by atoms with Gasteiger partial charge in [0.1, 0.15) is 6.10 Å². The van der Waals surface area contributed by atoms with Gasteiger partial charge in [-0.3, -0.25) is 0 Å². The van der Waals surface area contributed by atoms with Crippen molar-refractivity contribution >= 4 is 23.6 Å². The highest BCUT2D eigenvalue weighted by molar-refractivity contribution is 5.69. The van der Waals surface area contributed by atoms with E-state index in [9.17, 15) is 4.79 Å². The molecule has 4 fully saturated rings. The van der Waals surface area contributed by atoms with Gasteiger partial charge in [-0.15, -0.1) is 0 Å². The number of ether oxygens (including phenoxy) is 2. The number of carbonyl (C=O) groups excluding carboxylic acids is 1. The molecule has 0 radical (unpaired) electrons. The van der Waals surface area contributed by atoms with Gasteiger partial charge in [0.2, 0.25) is 11.9 Å². The Balaban J connectivity index is 1.25. The largest absolute Gasteiger partial charge is 0.443 e. The molecule has 36 heavy (non-hydrogen) atoms. The van der Waals surface area contributed by atoms with Crippen molar-refractivity contribution < 1.29 is 14.3 Å². The molecule has 4 aliphatic rings. The summed E-state index contributed by atoms with van der Waals surface area (Å²) in [6, 6.07) is 0.897. The molecule has 4 saturated heterocycles. The van der Waals surface area contributed by atoms with Gasteiger partial charge in [0.15, 0.2) is 5.65 Å².